The Bertz CT molecular complexity index is 1190. The number of hydrogen-bond acceptors (Lipinski definition) is 5. The molecule has 0 spiro atoms. The molecule has 4 atom stereocenters. The van der Waals surface area contributed by atoms with E-state index in [0.717, 1.165) is 12.8 Å². The second-order valence-corrected chi connectivity index (χ2v) is 9.55. The number of halogens is 2. The minimum atomic E-state index is -1.45. The van der Waals surface area contributed by atoms with E-state index in [2.05, 4.69) is 6.92 Å². The van der Waals surface area contributed by atoms with Crippen LogP contribution in [0.4, 0.5) is 20.2 Å². The molecule has 9 heteroatoms. The Balaban J connectivity index is 1.74. The Morgan fingerprint density at radius 1 is 1.32 bits per heavy atom. The van der Waals surface area contributed by atoms with E-state index in [1.165, 1.54) is 10.8 Å². The predicted octanol–water partition coefficient (Wildman–Crippen LogP) is 2.58. The summed E-state index contributed by atoms with van der Waals surface area (Å²) in [6.07, 6.45) is 2.13. The molecule has 2 aliphatic carbocycles. The van der Waals surface area contributed by atoms with Crippen LogP contribution >= 0.6 is 0 Å². The van der Waals surface area contributed by atoms with Gasteiger partial charge in [-0.05, 0) is 37.2 Å². The van der Waals surface area contributed by atoms with E-state index in [1.807, 2.05) is 4.90 Å². The van der Waals surface area contributed by atoms with Crippen molar-refractivity contribution in [3.63, 3.8) is 0 Å². The lowest BCUT2D eigenvalue weighted by atomic mass is 9.89. The van der Waals surface area contributed by atoms with Gasteiger partial charge in [-0.3, -0.25) is 4.79 Å². The lowest BCUT2D eigenvalue weighted by Gasteiger charge is -2.26. The Kier molecular flexibility index (Phi) is 4.19. The number of carboxylic acids is 1. The molecule has 0 radical (unpaired) electrons. The Hall–Kier alpha value is -2.68. The maximum Gasteiger partial charge on any atom is 0.341 e. The van der Waals surface area contributed by atoms with Gasteiger partial charge < -0.3 is 26.0 Å². The number of aryl methyl sites for hydroxylation is 1. The molecule has 1 aliphatic heterocycles. The number of pyridine rings is 1. The van der Waals surface area contributed by atoms with Gasteiger partial charge in [0, 0.05) is 31.2 Å². The zero-order valence-corrected chi connectivity index (χ0v) is 17.5. The highest BCUT2D eigenvalue weighted by Gasteiger charge is 2.51. The number of fused-ring (bicyclic) bond motifs is 1. The van der Waals surface area contributed by atoms with Crippen molar-refractivity contribution in [2.45, 2.75) is 50.9 Å². The molecular formula is C22H26F2N4O3. The van der Waals surface area contributed by atoms with Crippen LogP contribution in [-0.2, 0) is 0 Å². The standard InChI is InChI=1S/C22H26F2N4O3/c1-9-6-27(8-12(9)22(26)3-4-22)19-10(2)18-15(17(25)16(19)24)20(29)11(21(30)31)7-28(18)14-5-13(14)23/h7,9,12-14H,3-6,8,25-26H2,1-2H3,(H,30,31). The van der Waals surface area contributed by atoms with Crippen LogP contribution in [0.25, 0.3) is 10.9 Å². The number of alkyl halides is 1. The van der Waals surface area contributed by atoms with Gasteiger partial charge in [-0.15, -0.1) is 0 Å². The molecule has 31 heavy (non-hydrogen) atoms. The molecule has 1 aromatic carbocycles. The molecule has 7 nitrogen and oxygen atoms in total. The first-order valence-electron chi connectivity index (χ1n) is 10.6. The molecule has 2 saturated carbocycles. The molecule has 1 saturated heterocycles. The second-order valence-electron chi connectivity index (χ2n) is 9.55. The third-order valence-corrected chi connectivity index (χ3v) is 7.42. The molecule has 5 N–H and O–H groups in total. The van der Waals surface area contributed by atoms with Gasteiger partial charge in [-0.1, -0.05) is 6.92 Å². The summed E-state index contributed by atoms with van der Waals surface area (Å²) >= 11 is 0. The third-order valence-electron chi connectivity index (χ3n) is 7.42. The monoisotopic (exact) mass is 432 g/mol. The average Bonchev–Trinajstić information content (AvgIpc) is 3.58. The molecule has 3 fully saturated rings. The number of carboxylic acid groups (broad SMARTS) is 1. The number of benzene rings is 1. The lowest BCUT2D eigenvalue weighted by molar-refractivity contribution is 0.0694. The van der Waals surface area contributed by atoms with Gasteiger partial charge in [0.05, 0.1) is 28.3 Å². The van der Waals surface area contributed by atoms with Gasteiger partial charge in [0.2, 0.25) is 5.43 Å². The van der Waals surface area contributed by atoms with Crippen LogP contribution < -0.4 is 21.8 Å². The normalized spacial score (nSPS) is 28.9. The number of rotatable bonds is 4. The summed E-state index contributed by atoms with van der Waals surface area (Å²) in [4.78, 5) is 26.4. The maximum atomic E-state index is 15.6. The van der Waals surface area contributed by atoms with E-state index in [0.29, 0.717) is 24.2 Å². The van der Waals surface area contributed by atoms with Crippen LogP contribution in [0.15, 0.2) is 11.0 Å². The van der Waals surface area contributed by atoms with E-state index in [4.69, 9.17) is 11.5 Å². The highest BCUT2D eigenvalue weighted by Crippen LogP contribution is 2.49. The highest BCUT2D eigenvalue weighted by atomic mass is 19.1. The van der Waals surface area contributed by atoms with Crippen molar-refractivity contribution in [1.82, 2.24) is 4.57 Å². The van der Waals surface area contributed by atoms with Crippen LogP contribution in [0.3, 0.4) is 0 Å². The summed E-state index contributed by atoms with van der Waals surface area (Å²) in [6, 6.07) is -0.596. The van der Waals surface area contributed by atoms with Crippen molar-refractivity contribution in [2.24, 2.45) is 17.6 Å². The SMILES string of the molecule is Cc1c(N2CC(C)C(C3(N)CC3)C2)c(F)c(N)c2c(=O)c(C(=O)O)cn(C3CC3F)c12. The summed E-state index contributed by atoms with van der Waals surface area (Å²) in [5.74, 6) is -1.71. The number of carbonyl (C=O) groups is 1. The van der Waals surface area contributed by atoms with Crippen molar-refractivity contribution in [2.75, 3.05) is 23.7 Å². The molecule has 3 aliphatic rings. The highest BCUT2D eigenvalue weighted by molar-refractivity contribution is 6.01. The quantitative estimate of drug-likeness (QED) is 0.640. The summed E-state index contributed by atoms with van der Waals surface area (Å²) in [6.45, 7) is 4.95. The van der Waals surface area contributed by atoms with Gasteiger partial charge in [0.25, 0.3) is 0 Å². The van der Waals surface area contributed by atoms with Crippen LogP contribution in [0.2, 0.25) is 0 Å². The number of aromatic nitrogens is 1. The van der Waals surface area contributed by atoms with E-state index < -0.39 is 40.7 Å². The second kappa shape index (κ2) is 6.41. The molecule has 4 unspecified atom stereocenters. The van der Waals surface area contributed by atoms with Crippen molar-refractivity contribution >= 4 is 28.2 Å². The van der Waals surface area contributed by atoms with Gasteiger partial charge in [0.1, 0.15) is 11.7 Å². The Labute approximate surface area is 177 Å². The predicted molar refractivity (Wildman–Crippen MR) is 114 cm³/mol. The van der Waals surface area contributed by atoms with E-state index >= 15 is 4.39 Å². The first-order chi connectivity index (χ1) is 14.5. The fourth-order valence-corrected chi connectivity index (χ4v) is 5.42. The molecule has 2 heterocycles. The molecular weight excluding hydrogens is 406 g/mol. The molecule has 1 aromatic heterocycles. The largest absolute Gasteiger partial charge is 0.477 e. The first-order valence-corrected chi connectivity index (χ1v) is 10.6. The van der Waals surface area contributed by atoms with Crippen LogP contribution in [0.1, 0.15) is 48.1 Å². The first kappa shape index (κ1) is 20.2. The fraction of sp³-hybridized carbons (Fsp3) is 0.545. The van der Waals surface area contributed by atoms with Crippen molar-refractivity contribution in [1.29, 1.82) is 0 Å². The summed E-state index contributed by atoms with van der Waals surface area (Å²) in [7, 11) is 0. The number of nitrogens with zero attached hydrogens (tertiary/aromatic N) is 2. The number of hydrogen-bond donors (Lipinski definition) is 3. The maximum absolute atomic E-state index is 15.6. The van der Waals surface area contributed by atoms with Gasteiger partial charge in [-0.2, -0.15) is 0 Å². The van der Waals surface area contributed by atoms with Gasteiger partial charge >= 0.3 is 5.97 Å². The summed E-state index contributed by atoms with van der Waals surface area (Å²) < 4.78 is 31.0. The zero-order valence-electron chi connectivity index (χ0n) is 17.5. The molecule has 166 valence electrons. The van der Waals surface area contributed by atoms with Crippen molar-refractivity contribution < 1.29 is 18.7 Å². The number of aromatic carboxylic acids is 1. The van der Waals surface area contributed by atoms with Crippen LogP contribution in [0, 0.1) is 24.6 Å². The van der Waals surface area contributed by atoms with E-state index in [9.17, 15) is 19.1 Å². The Morgan fingerprint density at radius 2 is 1.97 bits per heavy atom. The van der Waals surface area contributed by atoms with Crippen LogP contribution in [-0.4, -0.2) is 40.4 Å². The van der Waals surface area contributed by atoms with E-state index in [-0.39, 0.29) is 34.9 Å². The molecule has 0 bridgehead atoms. The van der Waals surface area contributed by atoms with Gasteiger partial charge in [-0.25, -0.2) is 13.6 Å². The molecule has 2 aromatic rings. The minimum absolute atomic E-state index is 0.195. The van der Waals surface area contributed by atoms with E-state index in [1.54, 1.807) is 6.92 Å². The van der Waals surface area contributed by atoms with Crippen molar-refractivity contribution in [3.8, 4) is 0 Å². The molecule has 5 rings (SSSR count). The van der Waals surface area contributed by atoms with Gasteiger partial charge in [0.15, 0.2) is 5.82 Å². The smallest absolute Gasteiger partial charge is 0.341 e. The topological polar surface area (TPSA) is 115 Å². The number of nitrogen functional groups attached to an aromatic ring is 1. The van der Waals surface area contributed by atoms with Crippen molar-refractivity contribution in [3.05, 3.63) is 33.4 Å². The summed E-state index contributed by atoms with van der Waals surface area (Å²) in [5.41, 5.74) is 11.6. The minimum Gasteiger partial charge on any atom is -0.477 e. The zero-order chi connectivity index (χ0) is 22.4. The third kappa shape index (κ3) is 2.86. The Morgan fingerprint density at radius 3 is 2.52 bits per heavy atom. The average molecular weight is 432 g/mol. The lowest BCUT2D eigenvalue weighted by Crippen LogP contribution is -2.37. The number of anilines is 2. The summed E-state index contributed by atoms with van der Waals surface area (Å²) in [5, 5.41) is 9.26. The number of nitrogens with two attached hydrogens (primary N) is 2. The van der Waals surface area contributed by atoms with Crippen LogP contribution in [0.5, 0.6) is 0 Å². The fourth-order valence-electron chi connectivity index (χ4n) is 5.42. The molecule has 0 amide bonds.